The van der Waals surface area contributed by atoms with Gasteiger partial charge in [0.25, 0.3) is 0 Å². The van der Waals surface area contributed by atoms with E-state index in [-0.39, 0.29) is 17.0 Å². The molecule has 60 valence electrons. The lowest BCUT2D eigenvalue weighted by Gasteiger charge is -1.98. The van der Waals surface area contributed by atoms with Crippen LogP contribution in [0.1, 0.15) is 11.3 Å². The first-order valence-electron chi connectivity index (χ1n) is 3.15. The third kappa shape index (κ3) is 2.44. The number of nitrogens with zero attached hydrogens (tertiary/aromatic N) is 1. The van der Waals surface area contributed by atoms with Gasteiger partial charge < -0.3 is 5.73 Å². The zero-order valence-corrected chi connectivity index (χ0v) is 7.87. The van der Waals surface area contributed by atoms with Crippen molar-refractivity contribution in [3.05, 3.63) is 36.2 Å². The molecular formula is C8H11BrN2. The lowest BCUT2D eigenvalue weighted by molar-refractivity contribution is 0.985. The fraction of sp³-hybridized carbons (Fsp3) is 0.125. The van der Waals surface area contributed by atoms with Crippen LogP contribution in [0.3, 0.4) is 0 Å². The number of aromatic nitrogens is 1. The van der Waals surface area contributed by atoms with Crippen LogP contribution in [0.25, 0.3) is 6.08 Å². The van der Waals surface area contributed by atoms with E-state index in [0.717, 1.165) is 11.3 Å². The third-order valence-corrected chi connectivity index (χ3v) is 1.34. The predicted molar refractivity (Wildman–Crippen MR) is 52.5 cm³/mol. The van der Waals surface area contributed by atoms with Crippen LogP contribution >= 0.6 is 17.0 Å². The van der Waals surface area contributed by atoms with E-state index in [4.69, 9.17) is 5.73 Å². The molecule has 0 bridgehead atoms. The Balaban J connectivity index is 0.000001000. The number of rotatable bonds is 2. The number of nitrogens with two attached hydrogens (primary N) is 1. The van der Waals surface area contributed by atoms with Crippen LogP contribution in [0, 0.1) is 0 Å². The number of halogens is 1. The summed E-state index contributed by atoms with van der Waals surface area (Å²) in [5.74, 6) is 0. The van der Waals surface area contributed by atoms with Gasteiger partial charge in [-0.05, 0) is 11.6 Å². The molecule has 1 rings (SSSR count). The summed E-state index contributed by atoms with van der Waals surface area (Å²) in [6.07, 6.45) is 3.49. The van der Waals surface area contributed by atoms with Gasteiger partial charge >= 0.3 is 0 Å². The molecular weight excluding hydrogens is 204 g/mol. The van der Waals surface area contributed by atoms with Crippen molar-refractivity contribution in [3.63, 3.8) is 0 Å². The van der Waals surface area contributed by atoms with Crippen molar-refractivity contribution in [1.29, 1.82) is 0 Å². The minimum absolute atomic E-state index is 0. The van der Waals surface area contributed by atoms with Gasteiger partial charge in [0.15, 0.2) is 0 Å². The first kappa shape index (κ1) is 10.3. The molecule has 0 radical (unpaired) electrons. The molecule has 0 saturated carbocycles. The molecule has 1 aromatic heterocycles. The Labute approximate surface area is 76.9 Å². The van der Waals surface area contributed by atoms with Gasteiger partial charge in [-0.2, -0.15) is 0 Å². The largest absolute Gasteiger partial charge is 0.325 e. The number of pyridine rings is 1. The maximum Gasteiger partial charge on any atom is 0.0611 e. The Kier molecular flexibility index (Phi) is 4.74. The lowest BCUT2D eigenvalue weighted by Crippen LogP contribution is -2.00. The molecule has 0 aliphatic carbocycles. The standard InChI is InChI=1S/C8H10N2.BrH/c1-2-7-4-3-5-10-8(7)6-9;/h2-5H,1,6,9H2;1H. The van der Waals surface area contributed by atoms with Crippen LogP contribution in [0.5, 0.6) is 0 Å². The minimum atomic E-state index is 0. The summed E-state index contributed by atoms with van der Waals surface area (Å²) in [4.78, 5) is 4.07. The van der Waals surface area contributed by atoms with Gasteiger partial charge in [-0.3, -0.25) is 4.98 Å². The van der Waals surface area contributed by atoms with Crippen LogP contribution in [-0.2, 0) is 6.54 Å². The topological polar surface area (TPSA) is 38.9 Å². The molecule has 2 N–H and O–H groups in total. The van der Waals surface area contributed by atoms with Crippen LogP contribution < -0.4 is 5.73 Å². The maximum atomic E-state index is 5.42. The van der Waals surface area contributed by atoms with E-state index in [1.807, 2.05) is 12.1 Å². The van der Waals surface area contributed by atoms with E-state index in [2.05, 4.69) is 11.6 Å². The molecule has 0 saturated heterocycles. The van der Waals surface area contributed by atoms with E-state index in [1.54, 1.807) is 12.3 Å². The highest BCUT2D eigenvalue weighted by molar-refractivity contribution is 8.93. The van der Waals surface area contributed by atoms with Gasteiger partial charge in [0, 0.05) is 12.7 Å². The fourth-order valence-corrected chi connectivity index (χ4v) is 0.807. The fourth-order valence-electron chi connectivity index (χ4n) is 0.807. The molecule has 0 spiro atoms. The second-order valence-corrected chi connectivity index (χ2v) is 1.95. The van der Waals surface area contributed by atoms with Crippen molar-refractivity contribution in [3.8, 4) is 0 Å². The molecule has 0 atom stereocenters. The van der Waals surface area contributed by atoms with E-state index in [9.17, 15) is 0 Å². The summed E-state index contributed by atoms with van der Waals surface area (Å²) >= 11 is 0. The molecule has 0 unspecified atom stereocenters. The SMILES string of the molecule is Br.C=Cc1cccnc1CN. The molecule has 0 aliphatic heterocycles. The van der Waals surface area contributed by atoms with Crippen LogP contribution in [0.15, 0.2) is 24.9 Å². The van der Waals surface area contributed by atoms with Gasteiger partial charge in [0.2, 0.25) is 0 Å². The highest BCUT2D eigenvalue weighted by atomic mass is 79.9. The second-order valence-electron chi connectivity index (χ2n) is 1.95. The van der Waals surface area contributed by atoms with Gasteiger partial charge in [-0.15, -0.1) is 17.0 Å². The highest BCUT2D eigenvalue weighted by Crippen LogP contribution is 2.04. The van der Waals surface area contributed by atoms with Crippen molar-refractivity contribution in [1.82, 2.24) is 4.98 Å². The average molecular weight is 215 g/mol. The number of hydrogen-bond donors (Lipinski definition) is 1. The lowest BCUT2D eigenvalue weighted by atomic mass is 10.2. The molecule has 1 heterocycles. The average Bonchev–Trinajstić information content (AvgIpc) is 2.04. The molecule has 0 aromatic carbocycles. The predicted octanol–water partition coefficient (Wildman–Crippen LogP) is 1.76. The second kappa shape index (κ2) is 5.04. The summed E-state index contributed by atoms with van der Waals surface area (Å²) in [5, 5.41) is 0. The maximum absolute atomic E-state index is 5.42. The Morgan fingerprint density at radius 2 is 2.36 bits per heavy atom. The van der Waals surface area contributed by atoms with Gasteiger partial charge in [0.1, 0.15) is 0 Å². The normalized spacial score (nSPS) is 8.45. The molecule has 2 nitrogen and oxygen atoms in total. The van der Waals surface area contributed by atoms with Crippen molar-refractivity contribution < 1.29 is 0 Å². The van der Waals surface area contributed by atoms with Crippen LogP contribution in [0.2, 0.25) is 0 Å². The molecule has 0 fully saturated rings. The van der Waals surface area contributed by atoms with Crippen molar-refractivity contribution in [2.24, 2.45) is 5.73 Å². The number of hydrogen-bond acceptors (Lipinski definition) is 2. The van der Waals surface area contributed by atoms with Crippen molar-refractivity contribution >= 4 is 23.1 Å². The van der Waals surface area contributed by atoms with Gasteiger partial charge in [0.05, 0.1) is 5.69 Å². The van der Waals surface area contributed by atoms with Crippen molar-refractivity contribution in [2.75, 3.05) is 0 Å². The van der Waals surface area contributed by atoms with E-state index < -0.39 is 0 Å². The van der Waals surface area contributed by atoms with Crippen LogP contribution in [0.4, 0.5) is 0 Å². The zero-order valence-electron chi connectivity index (χ0n) is 6.16. The zero-order chi connectivity index (χ0) is 7.40. The molecule has 3 heteroatoms. The van der Waals surface area contributed by atoms with Gasteiger partial charge in [-0.25, -0.2) is 0 Å². The van der Waals surface area contributed by atoms with Crippen LogP contribution in [-0.4, -0.2) is 4.98 Å². The Hall–Kier alpha value is -0.670. The first-order valence-corrected chi connectivity index (χ1v) is 3.15. The third-order valence-electron chi connectivity index (χ3n) is 1.34. The summed E-state index contributed by atoms with van der Waals surface area (Å²) in [5.41, 5.74) is 7.33. The molecule has 0 aliphatic rings. The van der Waals surface area contributed by atoms with E-state index in [0.29, 0.717) is 6.54 Å². The molecule has 0 amide bonds. The summed E-state index contributed by atoms with van der Waals surface area (Å²) < 4.78 is 0. The van der Waals surface area contributed by atoms with E-state index >= 15 is 0 Å². The van der Waals surface area contributed by atoms with E-state index in [1.165, 1.54) is 0 Å². The summed E-state index contributed by atoms with van der Waals surface area (Å²) in [6.45, 7) is 4.12. The smallest absolute Gasteiger partial charge is 0.0611 e. The van der Waals surface area contributed by atoms with Gasteiger partial charge in [-0.1, -0.05) is 18.7 Å². The summed E-state index contributed by atoms with van der Waals surface area (Å²) in [6, 6.07) is 3.82. The Morgan fingerprint density at radius 1 is 1.64 bits per heavy atom. The highest BCUT2D eigenvalue weighted by Gasteiger charge is 1.93. The monoisotopic (exact) mass is 214 g/mol. The Bertz CT molecular complexity index is 235. The minimum Gasteiger partial charge on any atom is -0.325 e. The summed E-state index contributed by atoms with van der Waals surface area (Å²) in [7, 11) is 0. The Morgan fingerprint density at radius 3 is 2.82 bits per heavy atom. The van der Waals surface area contributed by atoms with Crippen molar-refractivity contribution in [2.45, 2.75) is 6.54 Å². The first-order chi connectivity index (χ1) is 4.88. The molecule has 11 heavy (non-hydrogen) atoms. The molecule has 1 aromatic rings. The quantitative estimate of drug-likeness (QED) is 0.816.